The van der Waals surface area contributed by atoms with E-state index >= 15 is 0 Å². The minimum absolute atomic E-state index is 0.0626. The van der Waals surface area contributed by atoms with Crippen molar-refractivity contribution in [1.82, 2.24) is 9.97 Å². The normalized spacial score (nSPS) is 10.7. The molecule has 0 bridgehead atoms. The van der Waals surface area contributed by atoms with Gasteiger partial charge in [0.1, 0.15) is 11.6 Å². The Balaban J connectivity index is 2.49. The van der Waals surface area contributed by atoms with Gasteiger partial charge in [-0.25, -0.2) is 9.97 Å². The Hall–Kier alpha value is -1.81. The van der Waals surface area contributed by atoms with Crippen LogP contribution in [0.25, 0.3) is 11.4 Å². The minimum Gasteiger partial charge on any atom is -0.506 e. The van der Waals surface area contributed by atoms with Crippen LogP contribution >= 0.6 is 11.6 Å². The van der Waals surface area contributed by atoms with E-state index in [1.165, 1.54) is 0 Å². The lowest BCUT2D eigenvalue weighted by Crippen LogP contribution is -2.08. The zero-order valence-electron chi connectivity index (χ0n) is 12.6. The van der Waals surface area contributed by atoms with Gasteiger partial charge in [-0.2, -0.15) is 0 Å². The number of aryl methyl sites for hydroxylation is 1. The smallest absolute Gasteiger partial charge is 0.161 e. The highest BCUT2D eigenvalue weighted by Gasteiger charge is 2.12. The molecule has 0 saturated heterocycles. The predicted molar refractivity (Wildman–Crippen MR) is 87.0 cm³/mol. The highest BCUT2D eigenvalue weighted by atomic mass is 35.5. The molecule has 21 heavy (non-hydrogen) atoms. The highest BCUT2D eigenvalue weighted by molar-refractivity contribution is 6.32. The molecular weight excluding hydrogens is 286 g/mol. The van der Waals surface area contributed by atoms with Gasteiger partial charge in [0.05, 0.1) is 5.02 Å². The first-order chi connectivity index (χ1) is 10.1. The van der Waals surface area contributed by atoms with Gasteiger partial charge in [-0.05, 0) is 38.0 Å². The first-order valence-electron chi connectivity index (χ1n) is 7.17. The van der Waals surface area contributed by atoms with Crippen molar-refractivity contribution >= 4 is 17.4 Å². The lowest BCUT2D eigenvalue weighted by molar-refractivity contribution is 0.475. The maximum absolute atomic E-state index is 9.52. The fourth-order valence-electron chi connectivity index (χ4n) is 2.10. The van der Waals surface area contributed by atoms with E-state index in [4.69, 9.17) is 11.6 Å². The Bertz CT molecular complexity index is 644. The van der Waals surface area contributed by atoms with Gasteiger partial charge in [0, 0.05) is 23.4 Å². The summed E-state index contributed by atoms with van der Waals surface area (Å²) in [5.41, 5.74) is 2.90. The van der Waals surface area contributed by atoms with Gasteiger partial charge in [-0.15, -0.1) is 0 Å². The molecule has 1 heterocycles. The van der Waals surface area contributed by atoms with Crippen LogP contribution in [0.15, 0.2) is 18.2 Å². The van der Waals surface area contributed by atoms with Crippen molar-refractivity contribution in [3.05, 3.63) is 34.5 Å². The van der Waals surface area contributed by atoms with Crippen LogP contribution in [0.4, 0.5) is 5.82 Å². The molecular formula is C16H20ClN3O. The van der Waals surface area contributed by atoms with Crippen LogP contribution in [0.2, 0.25) is 5.02 Å². The Morgan fingerprint density at radius 1 is 1.24 bits per heavy atom. The molecule has 0 aliphatic carbocycles. The third kappa shape index (κ3) is 3.45. The Morgan fingerprint density at radius 3 is 2.62 bits per heavy atom. The molecule has 0 radical (unpaired) electrons. The molecule has 0 aliphatic rings. The number of hydrogen-bond acceptors (Lipinski definition) is 4. The van der Waals surface area contributed by atoms with Gasteiger partial charge in [-0.3, -0.25) is 0 Å². The van der Waals surface area contributed by atoms with E-state index in [-0.39, 0.29) is 5.75 Å². The zero-order chi connectivity index (χ0) is 15.4. The van der Waals surface area contributed by atoms with Gasteiger partial charge in [0.25, 0.3) is 0 Å². The van der Waals surface area contributed by atoms with Crippen molar-refractivity contribution in [2.75, 3.05) is 11.9 Å². The summed E-state index contributed by atoms with van der Waals surface area (Å²) in [5, 5.41) is 13.2. The average molecular weight is 306 g/mol. The number of nitrogens with zero attached hydrogens (tertiary/aromatic N) is 2. The monoisotopic (exact) mass is 305 g/mol. The molecule has 0 saturated carbocycles. The van der Waals surface area contributed by atoms with Crippen LogP contribution < -0.4 is 5.32 Å². The lowest BCUT2D eigenvalue weighted by atomic mass is 10.1. The third-order valence-corrected chi connectivity index (χ3v) is 3.63. The van der Waals surface area contributed by atoms with Crippen LogP contribution in [-0.4, -0.2) is 21.6 Å². The first-order valence-corrected chi connectivity index (χ1v) is 7.54. The summed E-state index contributed by atoms with van der Waals surface area (Å²) in [4.78, 5) is 9.21. The molecule has 1 aromatic carbocycles. The number of phenolic OH excluding ortho intramolecular Hbond substituents is 1. The number of benzene rings is 1. The van der Waals surface area contributed by atoms with Crippen molar-refractivity contribution in [2.24, 2.45) is 0 Å². The molecule has 0 spiro atoms. The number of halogens is 1. The topological polar surface area (TPSA) is 58.0 Å². The van der Waals surface area contributed by atoms with Crippen molar-refractivity contribution in [1.29, 1.82) is 0 Å². The Kier molecular flexibility index (Phi) is 5.02. The fourth-order valence-corrected chi connectivity index (χ4v) is 2.28. The summed E-state index contributed by atoms with van der Waals surface area (Å²) in [5.74, 6) is 1.55. The molecule has 112 valence electrons. The van der Waals surface area contributed by atoms with Crippen molar-refractivity contribution in [2.45, 2.75) is 33.6 Å². The number of hydrogen-bond donors (Lipinski definition) is 2. The third-order valence-electron chi connectivity index (χ3n) is 3.33. The van der Waals surface area contributed by atoms with E-state index in [1.807, 2.05) is 6.92 Å². The quantitative estimate of drug-likeness (QED) is 0.869. The number of rotatable bonds is 5. The van der Waals surface area contributed by atoms with Crippen molar-refractivity contribution < 1.29 is 5.11 Å². The second kappa shape index (κ2) is 6.76. The second-order valence-electron chi connectivity index (χ2n) is 4.91. The van der Waals surface area contributed by atoms with E-state index < -0.39 is 0 Å². The van der Waals surface area contributed by atoms with Gasteiger partial charge in [-0.1, -0.05) is 25.4 Å². The second-order valence-corrected chi connectivity index (χ2v) is 5.32. The van der Waals surface area contributed by atoms with E-state index in [0.717, 1.165) is 42.0 Å². The highest BCUT2D eigenvalue weighted by Crippen LogP contribution is 2.29. The summed E-state index contributed by atoms with van der Waals surface area (Å²) in [6.45, 7) is 7.10. The van der Waals surface area contributed by atoms with Gasteiger partial charge in [0.15, 0.2) is 5.82 Å². The van der Waals surface area contributed by atoms with Gasteiger partial charge in [0.2, 0.25) is 0 Å². The predicted octanol–water partition coefficient (Wildman–Crippen LogP) is 4.20. The summed E-state index contributed by atoms with van der Waals surface area (Å²) in [7, 11) is 0. The molecule has 5 heteroatoms. The van der Waals surface area contributed by atoms with Crippen LogP contribution in [0.3, 0.4) is 0 Å². The van der Waals surface area contributed by atoms with Crippen LogP contribution in [0.1, 0.15) is 31.5 Å². The molecule has 2 rings (SSSR count). The number of phenols is 1. The van der Waals surface area contributed by atoms with Crippen LogP contribution in [-0.2, 0) is 6.42 Å². The Labute approximate surface area is 130 Å². The molecule has 0 amide bonds. The molecule has 1 aromatic heterocycles. The lowest BCUT2D eigenvalue weighted by Gasteiger charge is -2.13. The van der Waals surface area contributed by atoms with Gasteiger partial charge >= 0.3 is 0 Å². The number of aromatic nitrogens is 2. The van der Waals surface area contributed by atoms with E-state index in [2.05, 4.69) is 29.1 Å². The largest absolute Gasteiger partial charge is 0.506 e. The van der Waals surface area contributed by atoms with Crippen LogP contribution in [0, 0.1) is 6.92 Å². The Morgan fingerprint density at radius 2 is 2.00 bits per heavy atom. The van der Waals surface area contributed by atoms with E-state index in [9.17, 15) is 5.11 Å². The number of nitrogens with one attached hydrogen (secondary N) is 1. The summed E-state index contributed by atoms with van der Waals surface area (Å²) in [6, 6.07) is 5.02. The maximum atomic E-state index is 9.52. The summed E-state index contributed by atoms with van der Waals surface area (Å²) < 4.78 is 0. The molecule has 0 unspecified atom stereocenters. The van der Waals surface area contributed by atoms with Crippen molar-refractivity contribution in [3.8, 4) is 17.1 Å². The summed E-state index contributed by atoms with van der Waals surface area (Å²) >= 11 is 5.97. The molecule has 0 fully saturated rings. The zero-order valence-corrected chi connectivity index (χ0v) is 13.3. The average Bonchev–Trinajstić information content (AvgIpc) is 2.49. The number of anilines is 1. The van der Waals surface area contributed by atoms with Crippen molar-refractivity contribution in [3.63, 3.8) is 0 Å². The molecule has 2 aromatic rings. The van der Waals surface area contributed by atoms with Gasteiger partial charge < -0.3 is 10.4 Å². The first kappa shape index (κ1) is 15.6. The summed E-state index contributed by atoms with van der Waals surface area (Å²) in [6.07, 6.45) is 1.87. The minimum atomic E-state index is 0.0626. The molecule has 4 nitrogen and oxygen atoms in total. The molecule has 0 aliphatic heterocycles. The fraction of sp³-hybridized carbons (Fsp3) is 0.375. The van der Waals surface area contributed by atoms with E-state index in [0.29, 0.717) is 10.8 Å². The number of aromatic hydroxyl groups is 1. The van der Waals surface area contributed by atoms with E-state index in [1.54, 1.807) is 18.2 Å². The van der Waals surface area contributed by atoms with Crippen LogP contribution in [0.5, 0.6) is 5.75 Å². The molecule has 2 N–H and O–H groups in total. The molecule has 0 atom stereocenters. The maximum Gasteiger partial charge on any atom is 0.161 e. The standard InChI is InChI=1S/C16H20ClN3O/c1-4-8-18-15-10(3)13(5-2)19-16(20-15)11-6-7-14(21)12(17)9-11/h6-7,9,21H,4-5,8H2,1-3H3,(H,18,19,20). The SMILES string of the molecule is CCCNc1nc(-c2ccc(O)c(Cl)c2)nc(CC)c1C.